The van der Waals surface area contributed by atoms with E-state index < -0.39 is 10.0 Å². The molecule has 3 rings (SSSR count). The second-order valence-electron chi connectivity index (χ2n) is 5.69. The predicted molar refractivity (Wildman–Crippen MR) is 92.4 cm³/mol. The third kappa shape index (κ3) is 3.36. The van der Waals surface area contributed by atoms with E-state index in [0.29, 0.717) is 28.7 Å². The monoisotopic (exact) mass is 367 g/mol. The predicted octanol–water partition coefficient (Wildman–Crippen LogP) is 3.11. The average Bonchev–Trinajstić information content (AvgIpc) is 2.56. The summed E-state index contributed by atoms with van der Waals surface area (Å²) in [7, 11) is -2.13. The van der Waals surface area contributed by atoms with E-state index in [4.69, 9.17) is 21.1 Å². The molecule has 1 heterocycles. The van der Waals surface area contributed by atoms with E-state index in [1.807, 2.05) is 18.2 Å². The van der Waals surface area contributed by atoms with Crippen LogP contribution in [0.2, 0.25) is 5.02 Å². The summed E-state index contributed by atoms with van der Waals surface area (Å²) >= 11 is 5.95. The number of fused-ring (bicyclic) bond motifs is 1. The van der Waals surface area contributed by atoms with Gasteiger partial charge in [-0.25, -0.2) is 8.42 Å². The second-order valence-corrected chi connectivity index (χ2v) is 8.14. The van der Waals surface area contributed by atoms with Gasteiger partial charge >= 0.3 is 0 Å². The molecule has 0 aliphatic carbocycles. The first-order valence-corrected chi connectivity index (χ1v) is 9.30. The SMILES string of the molecule is Cc1ccc(Cl)cc1S(=O)(=O)N(C)CC1COc2ccccc2O1. The molecule has 5 nitrogen and oxygen atoms in total. The van der Waals surface area contributed by atoms with Crippen LogP contribution in [0.4, 0.5) is 0 Å². The van der Waals surface area contributed by atoms with Crippen LogP contribution in [0.25, 0.3) is 0 Å². The van der Waals surface area contributed by atoms with Crippen LogP contribution in [0.1, 0.15) is 5.56 Å². The average molecular weight is 368 g/mol. The molecule has 0 amide bonds. The van der Waals surface area contributed by atoms with Gasteiger partial charge in [0.1, 0.15) is 12.7 Å². The first-order chi connectivity index (χ1) is 11.4. The Kier molecular flexibility index (Phi) is 4.71. The number of benzene rings is 2. The summed E-state index contributed by atoms with van der Waals surface area (Å²) in [6.45, 7) is 2.22. The summed E-state index contributed by atoms with van der Waals surface area (Å²) in [6, 6.07) is 12.2. The van der Waals surface area contributed by atoms with Gasteiger partial charge in [0.05, 0.1) is 11.4 Å². The Morgan fingerprint density at radius 3 is 2.67 bits per heavy atom. The topological polar surface area (TPSA) is 55.8 Å². The van der Waals surface area contributed by atoms with E-state index in [1.165, 1.54) is 17.4 Å². The van der Waals surface area contributed by atoms with Gasteiger partial charge in [-0.1, -0.05) is 29.8 Å². The van der Waals surface area contributed by atoms with Crippen molar-refractivity contribution in [2.24, 2.45) is 0 Å². The molecule has 2 aromatic carbocycles. The zero-order valence-corrected chi connectivity index (χ0v) is 15.0. The van der Waals surface area contributed by atoms with Crippen molar-refractivity contribution in [3.05, 3.63) is 53.1 Å². The van der Waals surface area contributed by atoms with Crippen molar-refractivity contribution in [2.45, 2.75) is 17.9 Å². The Bertz CT molecular complexity index is 853. The van der Waals surface area contributed by atoms with Crippen LogP contribution in [0.5, 0.6) is 11.5 Å². The number of likely N-dealkylation sites (N-methyl/N-ethyl adjacent to an activating group) is 1. The lowest BCUT2D eigenvalue weighted by molar-refractivity contribution is 0.0798. The van der Waals surface area contributed by atoms with Gasteiger partial charge in [0.2, 0.25) is 10.0 Å². The van der Waals surface area contributed by atoms with Gasteiger partial charge in [0.25, 0.3) is 0 Å². The molecule has 0 bridgehead atoms. The molecule has 0 N–H and O–H groups in total. The van der Waals surface area contributed by atoms with Crippen molar-refractivity contribution in [2.75, 3.05) is 20.2 Å². The molecule has 0 aromatic heterocycles. The molecular formula is C17H18ClNO4S. The van der Waals surface area contributed by atoms with E-state index in [2.05, 4.69) is 0 Å². The summed E-state index contributed by atoms with van der Waals surface area (Å²) < 4.78 is 38.3. The molecule has 7 heteroatoms. The van der Waals surface area contributed by atoms with Gasteiger partial charge in [0.15, 0.2) is 11.5 Å². The number of hydrogen-bond acceptors (Lipinski definition) is 4. The quantitative estimate of drug-likeness (QED) is 0.833. The minimum Gasteiger partial charge on any atom is -0.486 e. The van der Waals surface area contributed by atoms with Crippen molar-refractivity contribution in [3.8, 4) is 11.5 Å². The maximum Gasteiger partial charge on any atom is 0.243 e. The van der Waals surface area contributed by atoms with E-state index in [1.54, 1.807) is 25.1 Å². The fourth-order valence-electron chi connectivity index (χ4n) is 2.56. The molecule has 1 aliphatic heterocycles. The molecule has 1 aliphatic rings. The lowest BCUT2D eigenvalue weighted by Crippen LogP contribution is -2.41. The highest BCUT2D eigenvalue weighted by molar-refractivity contribution is 7.89. The van der Waals surface area contributed by atoms with E-state index in [-0.39, 0.29) is 17.5 Å². The maximum absolute atomic E-state index is 12.8. The number of rotatable bonds is 4. The minimum atomic E-state index is -3.66. The summed E-state index contributed by atoms with van der Waals surface area (Å²) in [6.07, 6.45) is -0.376. The first kappa shape index (κ1) is 17.1. The van der Waals surface area contributed by atoms with Crippen LogP contribution < -0.4 is 9.47 Å². The van der Waals surface area contributed by atoms with E-state index >= 15 is 0 Å². The fourth-order valence-corrected chi connectivity index (χ4v) is 4.24. The zero-order chi connectivity index (χ0) is 17.3. The molecule has 1 unspecified atom stereocenters. The minimum absolute atomic E-state index is 0.183. The normalized spacial score (nSPS) is 17.1. The molecule has 128 valence electrons. The first-order valence-electron chi connectivity index (χ1n) is 7.49. The molecule has 0 radical (unpaired) electrons. The summed E-state index contributed by atoms with van der Waals surface area (Å²) in [4.78, 5) is 0.203. The standard InChI is InChI=1S/C17H18ClNO4S/c1-12-7-8-13(18)9-17(12)24(20,21)19(2)10-14-11-22-15-5-3-4-6-16(15)23-14/h3-9,14H,10-11H2,1-2H3. The van der Waals surface area contributed by atoms with Gasteiger partial charge in [-0.2, -0.15) is 4.31 Å². The van der Waals surface area contributed by atoms with Crippen LogP contribution in [-0.2, 0) is 10.0 Å². The summed E-state index contributed by atoms with van der Waals surface area (Å²) in [5.41, 5.74) is 0.650. The van der Waals surface area contributed by atoms with Crippen molar-refractivity contribution in [3.63, 3.8) is 0 Å². The number of sulfonamides is 1. The number of nitrogens with zero attached hydrogens (tertiary/aromatic N) is 1. The fraction of sp³-hybridized carbons (Fsp3) is 0.294. The van der Waals surface area contributed by atoms with Gasteiger partial charge < -0.3 is 9.47 Å². The largest absolute Gasteiger partial charge is 0.486 e. The number of ether oxygens (including phenoxy) is 2. The van der Waals surface area contributed by atoms with Gasteiger partial charge in [-0.15, -0.1) is 0 Å². The van der Waals surface area contributed by atoms with Crippen LogP contribution in [0, 0.1) is 6.92 Å². The summed E-state index contributed by atoms with van der Waals surface area (Å²) in [5, 5.41) is 0.388. The molecular weight excluding hydrogens is 350 g/mol. The molecule has 0 spiro atoms. The molecule has 0 fully saturated rings. The lowest BCUT2D eigenvalue weighted by atomic mass is 10.2. The zero-order valence-electron chi connectivity index (χ0n) is 13.4. The maximum atomic E-state index is 12.8. The van der Waals surface area contributed by atoms with Crippen LogP contribution in [0.15, 0.2) is 47.4 Å². The third-order valence-electron chi connectivity index (χ3n) is 3.87. The molecule has 0 saturated heterocycles. The molecule has 24 heavy (non-hydrogen) atoms. The van der Waals surface area contributed by atoms with Crippen molar-refractivity contribution in [1.29, 1.82) is 0 Å². The van der Waals surface area contributed by atoms with E-state index in [9.17, 15) is 8.42 Å². The van der Waals surface area contributed by atoms with Gasteiger partial charge in [0, 0.05) is 12.1 Å². The van der Waals surface area contributed by atoms with Gasteiger partial charge in [-0.3, -0.25) is 0 Å². The highest BCUT2D eigenvalue weighted by Crippen LogP contribution is 2.31. The third-order valence-corrected chi connectivity index (χ3v) is 6.07. The lowest BCUT2D eigenvalue weighted by Gasteiger charge is -2.29. The molecule has 2 aromatic rings. The highest BCUT2D eigenvalue weighted by atomic mass is 35.5. The Balaban J connectivity index is 1.77. The van der Waals surface area contributed by atoms with Crippen molar-refractivity contribution < 1.29 is 17.9 Å². The Labute approximate surface area is 146 Å². The Morgan fingerprint density at radius 1 is 1.21 bits per heavy atom. The van der Waals surface area contributed by atoms with Crippen molar-refractivity contribution >= 4 is 21.6 Å². The Hall–Kier alpha value is -1.76. The van der Waals surface area contributed by atoms with Crippen LogP contribution >= 0.6 is 11.6 Å². The second kappa shape index (κ2) is 6.63. The van der Waals surface area contributed by atoms with Crippen molar-refractivity contribution in [1.82, 2.24) is 4.31 Å². The van der Waals surface area contributed by atoms with Crippen LogP contribution in [0.3, 0.4) is 0 Å². The smallest absolute Gasteiger partial charge is 0.243 e. The van der Waals surface area contributed by atoms with Crippen LogP contribution in [-0.4, -0.2) is 39.0 Å². The number of para-hydroxylation sites is 2. The van der Waals surface area contributed by atoms with E-state index in [0.717, 1.165) is 0 Å². The Morgan fingerprint density at radius 2 is 1.92 bits per heavy atom. The highest BCUT2D eigenvalue weighted by Gasteiger charge is 2.29. The summed E-state index contributed by atoms with van der Waals surface area (Å²) in [5.74, 6) is 1.29. The molecule has 1 atom stereocenters. The number of halogens is 1. The number of hydrogen-bond donors (Lipinski definition) is 0. The van der Waals surface area contributed by atoms with Gasteiger partial charge in [-0.05, 0) is 36.8 Å². The molecule has 0 saturated carbocycles. The number of aryl methyl sites for hydroxylation is 1.